The van der Waals surface area contributed by atoms with Gasteiger partial charge in [-0.1, -0.05) is 13.8 Å². The van der Waals surface area contributed by atoms with Crippen LogP contribution in [0.1, 0.15) is 25.6 Å². The second-order valence-corrected chi connectivity index (χ2v) is 8.00. The van der Waals surface area contributed by atoms with Crippen molar-refractivity contribution in [2.45, 2.75) is 31.0 Å². The lowest BCUT2D eigenvalue weighted by Crippen LogP contribution is -2.34. The highest BCUT2D eigenvalue weighted by molar-refractivity contribution is 7.89. The first kappa shape index (κ1) is 18.7. The number of aromatic nitrogens is 2. The molecule has 0 radical (unpaired) electrons. The van der Waals surface area contributed by atoms with Gasteiger partial charge in [-0.3, -0.25) is 4.79 Å². The molecule has 136 valence electrons. The monoisotopic (exact) mass is 369 g/mol. The van der Waals surface area contributed by atoms with Gasteiger partial charge in [0.2, 0.25) is 0 Å². The molecule has 2 heterocycles. The van der Waals surface area contributed by atoms with Crippen LogP contribution in [0.5, 0.6) is 0 Å². The smallest absolute Gasteiger partial charge is 0.393 e. The molecule has 2 rings (SSSR count). The third-order valence-corrected chi connectivity index (χ3v) is 5.74. The van der Waals surface area contributed by atoms with Gasteiger partial charge >= 0.3 is 12.1 Å². The highest BCUT2D eigenvalue weighted by Crippen LogP contribution is 2.39. The van der Waals surface area contributed by atoms with Gasteiger partial charge in [-0.2, -0.15) is 17.5 Å². The molecule has 1 fully saturated rings. The summed E-state index contributed by atoms with van der Waals surface area (Å²) >= 11 is 0. The zero-order chi connectivity index (χ0) is 18.4. The maximum Gasteiger partial charge on any atom is 0.393 e. The van der Waals surface area contributed by atoms with Crippen molar-refractivity contribution in [3.8, 4) is 0 Å². The van der Waals surface area contributed by atoms with E-state index in [1.165, 1.54) is 10.8 Å². The number of halogens is 3. The van der Waals surface area contributed by atoms with E-state index < -0.39 is 47.1 Å². The van der Waals surface area contributed by atoms with E-state index in [4.69, 9.17) is 5.11 Å². The summed E-state index contributed by atoms with van der Waals surface area (Å²) in [5.41, 5.74) is 0. The summed E-state index contributed by atoms with van der Waals surface area (Å²) in [5, 5.41) is 8.61. The molecule has 7 nitrogen and oxygen atoms in total. The Morgan fingerprint density at radius 3 is 2.33 bits per heavy atom. The largest absolute Gasteiger partial charge is 0.481 e. The number of aliphatic carboxylic acids is 1. The molecule has 1 saturated heterocycles. The first-order valence-electron chi connectivity index (χ1n) is 7.18. The van der Waals surface area contributed by atoms with Crippen molar-refractivity contribution in [2.75, 3.05) is 13.1 Å². The number of carboxylic acids is 1. The van der Waals surface area contributed by atoms with Crippen molar-refractivity contribution in [1.29, 1.82) is 0 Å². The number of imidazole rings is 1. The summed E-state index contributed by atoms with van der Waals surface area (Å²) in [7, 11) is -2.71. The standard InChI is InChI=1S/C13H18F3N3O4S/c1-7(2)11-17-10(6-18(11)3)24(22,23)19-4-8(12(20)21)9(5-19)13(14,15)16/h6-9H,4-5H2,1-3H3,(H,20,21)/t8-,9-/m1/s1. The minimum Gasteiger partial charge on any atom is -0.481 e. The van der Waals surface area contributed by atoms with Gasteiger partial charge in [0, 0.05) is 32.3 Å². The Morgan fingerprint density at radius 2 is 1.96 bits per heavy atom. The quantitative estimate of drug-likeness (QED) is 0.867. The van der Waals surface area contributed by atoms with Crippen LogP contribution in [0.25, 0.3) is 0 Å². The van der Waals surface area contributed by atoms with E-state index in [-0.39, 0.29) is 10.9 Å². The predicted molar refractivity (Wildman–Crippen MR) is 76.7 cm³/mol. The molecule has 1 N–H and O–H groups in total. The summed E-state index contributed by atoms with van der Waals surface area (Å²) in [5.74, 6) is -5.34. The van der Waals surface area contributed by atoms with Crippen LogP contribution in [-0.4, -0.2) is 52.6 Å². The summed E-state index contributed by atoms with van der Waals surface area (Å²) in [4.78, 5) is 15.1. The van der Waals surface area contributed by atoms with Gasteiger partial charge in [0.25, 0.3) is 10.0 Å². The van der Waals surface area contributed by atoms with E-state index in [0.29, 0.717) is 10.1 Å². The molecule has 2 atom stereocenters. The first-order chi connectivity index (χ1) is 10.9. The summed E-state index contributed by atoms with van der Waals surface area (Å²) < 4.78 is 66.2. The number of nitrogens with zero attached hydrogens (tertiary/aromatic N) is 3. The van der Waals surface area contributed by atoms with Crippen LogP contribution in [0.3, 0.4) is 0 Å². The van der Waals surface area contributed by atoms with Crippen LogP contribution >= 0.6 is 0 Å². The van der Waals surface area contributed by atoms with Crippen molar-refractivity contribution in [3.05, 3.63) is 12.0 Å². The number of aryl methyl sites for hydroxylation is 1. The van der Waals surface area contributed by atoms with Crippen molar-refractivity contribution in [1.82, 2.24) is 13.9 Å². The maximum absolute atomic E-state index is 13.0. The van der Waals surface area contributed by atoms with Gasteiger partial charge in [0.05, 0.1) is 11.8 Å². The Hall–Kier alpha value is -1.62. The average Bonchev–Trinajstić information content (AvgIpc) is 3.01. The molecular weight excluding hydrogens is 351 g/mol. The number of carboxylic acid groups (broad SMARTS) is 1. The Balaban J connectivity index is 2.37. The minimum atomic E-state index is -4.79. The number of rotatable bonds is 4. The Labute approximate surface area is 137 Å². The number of hydrogen-bond donors (Lipinski definition) is 1. The fraction of sp³-hybridized carbons (Fsp3) is 0.692. The van der Waals surface area contributed by atoms with Crippen LogP contribution in [0.2, 0.25) is 0 Å². The number of hydrogen-bond acceptors (Lipinski definition) is 4. The van der Waals surface area contributed by atoms with Gasteiger partial charge in [-0.15, -0.1) is 0 Å². The maximum atomic E-state index is 13.0. The molecule has 0 aliphatic carbocycles. The topological polar surface area (TPSA) is 92.5 Å². The van der Waals surface area contributed by atoms with Crippen molar-refractivity contribution in [2.24, 2.45) is 18.9 Å². The van der Waals surface area contributed by atoms with Gasteiger partial charge < -0.3 is 9.67 Å². The van der Waals surface area contributed by atoms with Crippen LogP contribution in [0.15, 0.2) is 11.2 Å². The van der Waals surface area contributed by atoms with E-state index in [9.17, 15) is 26.4 Å². The second kappa shape index (κ2) is 6.03. The number of alkyl halides is 3. The van der Waals surface area contributed by atoms with Crippen LogP contribution < -0.4 is 0 Å². The van der Waals surface area contributed by atoms with E-state index in [2.05, 4.69) is 4.98 Å². The van der Waals surface area contributed by atoms with Gasteiger partial charge in [0.1, 0.15) is 5.82 Å². The summed E-state index contributed by atoms with van der Waals surface area (Å²) in [6.07, 6.45) is -3.57. The van der Waals surface area contributed by atoms with Crippen LogP contribution in [-0.2, 0) is 21.9 Å². The van der Waals surface area contributed by atoms with Crippen LogP contribution in [0.4, 0.5) is 13.2 Å². The van der Waals surface area contributed by atoms with Crippen LogP contribution in [0, 0.1) is 11.8 Å². The number of carbonyl (C=O) groups is 1. The minimum absolute atomic E-state index is 0.0766. The highest BCUT2D eigenvalue weighted by Gasteiger charge is 2.55. The molecule has 0 spiro atoms. The summed E-state index contributed by atoms with van der Waals surface area (Å²) in [6, 6.07) is 0. The number of sulfonamides is 1. The molecule has 0 aromatic carbocycles. The second-order valence-electron chi connectivity index (χ2n) is 6.12. The molecule has 0 bridgehead atoms. The lowest BCUT2D eigenvalue weighted by molar-refractivity contribution is -0.187. The van der Waals surface area contributed by atoms with E-state index in [1.807, 2.05) is 0 Å². The molecule has 0 amide bonds. The molecule has 1 aromatic rings. The highest BCUT2D eigenvalue weighted by atomic mass is 32.2. The van der Waals surface area contributed by atoms with E-state index >= 15 is 0 Å². The lowest BCUT2D eigenvalue weighted by atomic mass is 9.96. The van der Waals surface area contributed by atoms with Crippen molar-refractivity contribution in [3.63, 3.8) is 0 Å². The molecule has 1 aliphatic rings. The Morgan fingerprint density at radius 1 is 1.38 bits per heavy atom. The van der Waals surface area contributed by atoms with Gasteiger partial charge in [-0.25, -0.2) is 13.4 Å². The molecule has 1 aliphatic heterocycles. The summed E-state index contributed by atoms with van der Waals surface area (Å²) in [6.45, 7) is 1.95. The van der Waals surface area contributed by atoms with Gasteiger partial charge in [0.15, 0.2) is 5.03 Å². The first-order valence-corrected chi connectivity index (χ1v) is 8.62. The van der Waals surface area contributed by atoms with E-state index in [1.54, 1.807) is 20.9 Å². The molecular formula is C13H18F3N3O4S. The van der Waals surface area contributed by atoms with Crippen molar-refractivity contribution >= 4 is 16.0 Å². The molecule has 0 saturated carbocycles. The fourth-order valence-electron chi connectivity index (χ4n) is 2.79. The predicted octanol–water partition coefficient (Wildman–Crippen LogP) is 1.43. The Kier molecular flexibility index (Phi) is 4.70. The molecule has 1 aromatic heterocycles. The normalized spacial score (nSPS) is 23.1. The SMILES string of the molecule is CC(C)c1nc(S(=O)(=O)N2C[C@@H](C(F)(F)F)[C@H](C(=O)O)C2)cn1C. The Bertz CT molecular complexity index is 742. The third-order valence-electron chi connectivity index (χ3n) is 4.03. The molecule has 24 heavy (non-hydrogen) atoms. The van der Waals surface area contributed by atoms with E-state index in [0.717, 1.165) is 0 Å². The molecule has 11 heteroatoms. The van der Waals surface area contributed by atoms with Gasteiger partial charge in [-0.05, 0) is 0 Å². The zero-order valence-corrected chi connectivity index (χ0v) is 14.1. The van der Waals surface area contributed by atoms with Crippen molar-refractivity contribution < 1.29 is 31.5 Å². The molecule has 0 unspecified atom stereocenters. The average molecular weight is 369 g/mol. The zero-order valence-electron chi connectivity index (χ0n) is 13.3. The third kappa shape index (κ3) is 3.27. The lowest BCUT2D eigenvalue weighted by Gasteiger charge is -2.18. The fourth-order valence-corrected chi connectivity index (χ4v) is 4.27.